The van der Waals surface area contributed by atoms with Gasteiger partial charge in [-0.3, -0.25) is 9.59 Å². The van der Waals surface area contributed by atoms with E-state index in [-0.39, 0.29) is 18.7 Å². The topological polar surface area (TPSA) is 85.5 Å². The predicted molar refractivity (Wildman–Crippen MR) is 91.8 cm³/mol. The molecule has 0 atom stereocenters. The molecule has 0 aliphatic carbocycles. The molecule has 1 heterocycles. The number of methoxy groups -OCH3 is 1. The van der Waals surface area contributed by atoms with Gasteiger partial charge in [0.05, 0.1) is 24.8 Å². The summed E-state index contributed by atoms with van der Waals surface area (Å²) in [5.41, 5.74) is 3.46. The molecular formula is C19H21NO5. The van der Waals surface area contributed by atoms with E-state index in [1.54, 1.807) is 13.8 Å². The van der Waals surface area contributed by atoms with Gasteiger partial charge in [-0.15, -0.1) is 0 Å². The van der Waals surface area contributed by atoms with Crippen LogP contribution < -0.4 is 0 Å². The van der Waals surface area contributed by atoms with Gasteiger partial charge in [-0.05, 0) is 37.5 Å². The summed E-state index contributed by atoms with van der Waals surface area (Å²) >= 11 is 0. The highest BCUT2D eigenvalue weighted by molar-refractivity contribution is 6.02. The molecule has 1 N–H and O–H groups in total. The Bertz CT molecular complexity index is 819. The fourth-order valence-corrected chi connectivity index (χ4v) is 2.67. The largest absolute Gasteiger partial charge is 0.465 e. The highest BCUT2D eigenvalue weighted by Crippen LogP contribution is 2.19. The minimum Gasteiger partial charge on any atom is -0.465 e. The van der Waals surface area contributed by atoms with Crippen LogP contribution in [0.2, 0.25) is 0 Å². The molecule has 0 unspecified atom stereocenters. The van der Waals surface area contributed by atoms with Crippen LogP contribution in [0.1, 0.15) is 43.2 Å². The lowest BCUT2D eigenvalue weighted by molar-refractivity contribution is -0.141. The normalized spacial score (nSPS) is 10.4. The molecular weight excluding hydrogens is 322 g/mol. The zero-order chi connectivity index (χ0) is 18.6. The molecule has 2 aromatic rings. The van der Waals surface area contributed by atoms with Gasteiger partial charge < -0.3 is 14.5 Å². The van der Waals surface area contributed by atoms with Gasteiger partial charge in [-0.25, -0.2) is 4.79 Å². The number of hydrogen-bond acceptors (Lipinski definition) is 5. The number of hydrogen-bond donors (Lipinski definition) is 1. The maximum atomic E-state index is 12.3. The first-order valence-corrected chi connectivity index (χ1v) is 7.86. The number of carbonyl (C=O) groups excluding carboxylic acids is 3. The van der Waals surface area contributed by atoms with E-state index in [0.29, 0.717) is 16.8 Å². The van der Waals surface area contributed by atoms with Gasteiger partial charge in [0.2, 0.25) is 5.78 Å². The SMILES string of the molecule is COC(=O)c1c(C)[nH]c(C(=O)COC(=O)Cc2ccccc2C)c1C. The van der Waals surface area contributed by atoms with E-state index in [9.17, 15) is 14.4 Å². The van der Waals surface area contributed by atoms with Crippen molar-refractivity contribution in [2.24, 2.45) is 0 Å². The zero-order valence-corrected chi connectivity index (χ0v) is 14.8. The number of aromatic nitrogens is 1. The molecule has 132 valence electrons. The molecule has 1 aromatic heterocycles. The molecule has 0 radical (unpaired) electrons. The number of benzene rings is 1. The van der Waals surface area contributed by atoms with E-state index in [4.69, 9.17) is 9.47 Å². The highest BCUT2D eigenvalue weighted by atomic mass is 16.5. The van der Waals surface area contributed by atoms with Crippen molar-refractivity contribution < 1.29 is 23.9 Å². The smallest absolute Gasteiger partial charge is 0.339 e. The van der Waals surface area contributed by atoms with Crippen molar-refractivity contribution in [2.45, 2.75) is 27.2 Å². The third-order valence-corrected chi connectivity index (χ3v) is 4.07. The van der Waals surface area contributed by atoms with Crippen molar-refractivity contribution in [2.75, 3.05) is 13.7 Å². The quantitative estimate of drug-likeness (QED) is 0.644. The van der Waals surface area contributed by atoms with Gasteiger partial charge >= 0.3 is 11.9 Å². The molecule has 0 saturated heterocycles. The van der Waals surface area contributed by atoms with Crippen molar-refractivity contribution in [3.8, 4) is 0 Å². The van der Waals surface area contributed by atoms with E-state index < -0.39 is 17.7 Å². The van der Waals surface area contributed by atoms with Gasteiger partial charge in [0, 0.05) is 5.69 Å². The number of aryl methyl sites for hydroxylation is 2. The Morgan fingerprint density at radius 3 is 2.40 bits per heavy atom. The minimum absolute atomic E-state index is 0.107. The first-order valence-electron chi connectivity index (χ1n) is 7.86. The van der Waals surface area contributed by atoms with Crippen LogP contribution in [0.15, 0.2) is 24.3 Å². The number of rotatable bonds is 6. The van der Waals surface area contributed by atoms with E-state index in [0.717, 1.165) is 11.1 Å². The number of nitrogens with one attached hydrogen (secondary N) is 1. The molecule has 0 fully saturated rings. The Balaban J connectivity index is 2.02. The second-order valence-corrected chi connectivity index (χ2v) is 5.80. The molecule has 0 spiro atoms. The van der Waals surface area contributed by atoms with Crippen molar-refractivity contribution in [1.29, 1.82) is 0 Å². The first kappa shape index (κ1) is 18.4. The number of H-pyrrole nitrogens is 1. The van der Waals surface area contributed by atoms with Gasteiger partial charge in [-0.1, -0.05) is 24.3 Å². The fourth-order valence-electron chi connectivity index (χ4n) is 2.67. The number of ether oxygens (including phenoxy) is 2. The summed E-state index contributed by atoms with van der Waals surface area (Å²) in [5.74, 6) is -1.38. The van der Waals surface area contributed by atoms with Gasteiger partial charge in [0.25, 0.3) is 0 Å². The standard InChI is InChI=1S/C19H21NO5/c1-11-7-5-6-8-14(11)9-16(22)25-10-15(21)18-12(2)17(13(3)20-18)19(23)24-4/h5-8,20H,9-10H2,1-4H3. The van der Waals surface area contributed by atoms with Crippen LogP contribution in [-0.4, -0.2) is 36.4 Å². The summed E-state index contributed by atoms with van der Waals surface area (Å²) in [6, 6.07) is 7.50. The molecule has 6 heteroatoms. The number of Topliss-reactive ketones (excluding diaryl/α,β-unsaturated/α-hetero) is 1. The molecule has 0 saturated carbocycles. The number of aromatic amines is 1. The Hall–Kier alpha value is -2.89. The zero-order valence-electron chi connectivity index (χ0n) is 14.8. The van der Waals surface area contributed by atoms with Crippen LogP contribution in [0.3, 0.4) is 0 Å². The maximum Gasteiger partial charge on any atom is 0.339 e. The molecule has 1 aromatic carbocycles. The first-order chi connectivity index (χ1) is 11.8. The van der Waals surface area contributed by atoms with E-state index in [1.165, 1.54) is 7.11 Å². The predicted octanol–water partition coefficient (Wildman–Crippen LogP) is 2.70. The summed E-state index contributed by atoms with van der Waals surface area (Å²) in [5, 5.41) is 0. The summed E-state index contributed by atoms with van der Waals surface area (Å²) in [6.45, 7) is 4.86. The number of ketones is 1. The second kappa shape index (κ2) is 7.79. The van der Waals surface area contributed by atoms with Crippen LogP contribution in [0.5, 0.6) is 0 Å². The van der Waals surface area contributed by atoms with Crippen LogP contribution in [0.4, 0.5) is 0 Å². The van der Waals surface area contributed by atoms with Gasteiger partial charge in [0.15, 0.2) is 6.61 Å². The third-order valence-electron chi connectivity index (χ3n) is 4.07. The van der Waals surface area contributed by atoms with Crippen LogP contribution in [-0.2, 0) is 20.7 Å². The molecule has 0 bridgehead atoms. The van der Waals surface area contributed by atoms with Crippen molar-refractivity contribution >= 4 is 17.7 Å². The van der Waals surface area contributed by atoms with Crippen LogP contribution in [0, 0.1) is 20.8 Å². The Morgan fingerprint density at radius 2 is 1.76 bits per heavy atom. The number of esters is 2. The second-order valence-electron chi connectivity index (χ2n) is 5.80. The van der Waals surface area contributed by atoms with Crippen molar-refractivity contribution in [3.05, 3.63) is 57.9 Å². The lowest BCUT2D eigenvalue weighted by Gasteiger charge is -2.06. The summed E-state index contributed by atoms with van der Waals surface area (Å²) in [4.78, 5) is 38.9. The van der Waals surface area contributed by atoms with Gasteiger partial charge in [0.1, 0.15) is 0 Å². The van der Waals surface area contributed by atoms with E-state index in [1.807, 2.05) is 31.2 Å². The highest BCUT2D eigenvalue weighted by Gasteiger charge is 2.23. The molecule has 2 rings (SSSR count). The molecule has 25 heavy (non-hydrogen) atoms. The summed E-state index contributed by atoms with van der Waals surface area (Å²) in [7, 11) is 1.28. The molecule has 0 aliphatic rings. The lowest BCUT2D eigenvalue weighted by Crippen LogP contribution is -2.17. The average molecular weight is 343 g/mol. The molecule has 0 aliphatic heterocycles. The Kier molecular flexibility index (Phi) is 5.75. The third kappa shape index (κ3) is 4.15. The van der Waals surface area contributed by atoms with Crippen LogP contribution in [0.25, 0.3) is 0 Å². The lowest BCUT2D eigenvalue weighted by atomic mass is 10.1. The maximum absolute atomic E-state index is 12.3. The monoisotopic (exact) mass is 343 g/mol. The molecule has 0 amide bonds. The minimum atomic E-state index is -0.512. The summed E-state index contributed by atoms with van der Waals surface area (Å²) < 4.78 is 9.79. The van der Waals surface area contributed by atoms with Crippen LogP contribution >= 0.6 is 0 Å². The Morgan fingerprint density at radius 1 is 1.08 bits per heavy atom. The number of carbonyl (C=O) groups is 3. The summed E-state index contributed by atoms with van der Waals surface area (Å²) in [6.07, 6.45) is 0.107. The fraction of sp³-hybridized carbons (Fsp3) is 0.316. The van der Waals surface area contributed by atoms with Gasteiger partial charge in [-0.2, -0.15) is 0 Å². The molecule has 6 nitrogen and oxygen atoms in total. The van der Waals surface area contributed by atoms with E-state index >= 15 is 0 Å². The Labute approximate surface area is 146 Å². The van der Waals surface area contributed by atoms with E-state index in [2.05, 4.69) is 4.98 Å². The van der Waals surface area contributed by atoms with Crippen molar-refractivity contribution in [1.82, 2.24) is 4.98 Å². The van der Waals surface area contributed by atoms with Crippen molar-refractivity contribution in [3.63, 3.8) is 0 Å². The average Bonchev–Trinajstić information content (AvgIpc) is 2.88.